The van der Waals surface area contributed by atoms with E-state index in [-0.39, 0.29) is 18.6 Å². The van der Waals surface area contributed by atoms with E-state index in [9.17, 15) is 4.79 Å². The number of benzene rings is 1. The molecule has 25 heavy (non-hydrogen) atoms. The highest BCUT2D eigenvalue weighted by Crippen LogP contribution is 2.19. The third-order valence-corrected chi connectivity index (χ3v) is 4.94. The summed E-state index contributed by atoms with van der Waals surface area (Å²) in [4.78, 5) is 18.6. The fourth-order valence-corrected chi connectivity index (χ4v) is 3.08. The Balaban J connectivity index is 1.96. The number of nitrogens with zero attached hydrogens (tertiary/aromatic N) is 2. The molecule has 1 atom stereocenters. The lowest BCUT2D eigenvalue weighted by molar-refractivity contribution is -0.138. The third-order valence-electron chi connectivity index (χ3n) is 3.82. The van der Waals surface area contributed by atoms with Gasteiger partial charge in [0.2, 0.25) is 5.91 Å². The minimum atomic E-state index is -0.0242. The molecule has 5 nitrogen and oxygen atoms in total. The van der Waals surface area contributed by atoms with E-state index in [1.807, 2.05) is 29.3 Å². The number of aromatic nitrogens is 1. The molecule has 136 valence electrons. The first kappa shape index (κ1) is 19.7. The van der Waals surface area contributed by atoms with Crippen LogP contribution in [0.2, 0.25) is 5.02 Å². The Morgan fingerprint density at radius 3 is 2.72 bits per heavy atom. The molecule has 1 amide bonds. The van der Waals surface area contributed by atoms with Crippen molar-refractivity contribution in [2.45, 2.75) is 39.5 Å². The van der Waals surface area contributed by atoms with E-state index in [0.29, 0.717) is 18.2 Å². The van der Waals surface area contributed by atoms with Crippen LogP contribution in [0, 0.1) is 0 Å². The van der Waals surface area contributed by atoms with Gasteiger partial charge in [-0.2, -0.15) is 0 Å². The molecule has 0 unspecified atom stereocenters. The molecule has 2 aromatic rings. The summed E-state index contributed by atoms with van der Waals surface area (Å²) in [6, 6.07) is 7.36. The maximum absolute atomic E-state index is 12.2. The lowest BCUT2D eigenvalue weighted by Gasteiger charge is -2.27. The van der Waals surface area contributed by atoms with Crippen LogP contribution in [-0.4, -0.2) is 35.5 Å². The highest BCUT2D eigenvalue weighted by Gasteiger charge is 2.20. The summed E-state index contributed by atoms with van der Waals surface area (Å²) in [5.74, 6) is 0.724. The molecule has 7 heteroatoms. The van der Waals surface area contributed by atoms with Gasteiger partial charge in [-0.3, -0.25) is 4.79 Å². The SMILES string of the molecule is CC[C@@H](C)N(Cc1csc(COc2ccc(Cl)cc2)n1)C(=O)COC. The second-order valence-corrected chi connectivity index (χ2v) is 7.07. The highest BCUT2D eigenvalue weighted by atomic mass is 35.5. The Hall–Kier alpha value is -1.63. The van der Waals surface area contributed by atoms with Gasteiger partial charge in [0.1, 0.15) is 24.0 Å². The molecule has 1 aromatic carbocycles. The molecule has 1 aromatic heterocycles. The van der Waals surface area contributed by atoms with Crippen molar-refractivity contribution in [3.8, 4) is 5.75 Å². The van der Waals surface area contributed by atoms with Gasteiger partial charge in [-0.25, -0.2) is 4.98 Å². The van der Waals surface area contributed by atoms with Gasteiger partial charge in [-0.1, -0.05) is 18.5 Å². The standard InChI is InChI=1S/C18H23ClN2O3S/c1-4-13(2)21(18(22)11-23-3)9-15-12-25-17(20-15)10-24-16-7-5-14(19)6-8-16/h5-8,12-13H,4,9-11H2,1-3H3/t13-/m1/s1. The number of ether oxygens (including phenoxy) is 2. The normalized spacial score (nSPS) is 12.0. The van der Waals surface area contributed by atoms with Crippen LogP contribution in [-0.2, 0) is 22.7 Å². The van der Waals surface area contributed by atoms with Crippen molar-refractivity contribution >= 4 is 28.8 Å². The quantitative estimate of drug-likeness (QED) is 0.653. The van der Waals surface area contributed by atoms with Crippen molar-refractivity contribution in [2.24, 2.45) is 0 Å². The number of amides is 1. The number of rotatable bonds is 9. The van der Waals surface area contributed by atoms with E-state index >= 15 is 0 Å². The van der Waals surface area contributed by atoms with Crippen molar-refractivity contribution in [2.75, 3.05) is 13.7 Å². The zero-order valence-electron chi connectivity index (χ0n) is 14.7. The van der Waals surface area contributed by atoms with Crippen LogP contribution in [0.5, 0.6) is 5.75 Å². The zero-order chi connectivity index (χ0) is 18.2. The number of methoxy groups -OCH3 is 1. The summed E-state index contributed by atoms with van der Waals surface area (Å²) < 4.78 is 10.7. The molecule has 1 heterocycles. The van der Waals surface area contributed by atoms with Gasteiger partial charge in [-0.15, -0.1) is 11.3 Å². The number of halogens is 1. The van der Waals surface area contributed by atoms with E-state index in [0.717, 1.165) is 22.9 Å². The Morgan fingerprint density at radius 2 is 2.08 bits per heavy atom. The molecule has 0 bridgehead atoms. The Morgan fingerprint density at radius 1 is 1.36 bits per heavy atom. The first-order valence-corrected chi connectivity index (χ1v) is 9.39. The number of thiazole rings is 1. The maximum Gasteiger partial charge on any atom is 0.249 e. The average Bonchev–Trinajstić information content (AvgIpc) is 3.06. The van der Waals surface area contributed by atoms with Gasteiger partial charge in [0.15, 0.2) is 0 Å². The molecule has 0 fully saturated rings. The summed E-state index contributed by atoms with van der Waals surface area (Å²) in [6.45, 7) is 5.05. The van der Waals surface area contributed by atoms with E-state index in [4.69, 9.17) is 21.1 Å². The maximum atomic E-state index is 12.2. The highest BCUT2D eigenvalue weighted by molar-refractivity contribution is 7.09. The molecular weight excluding hydrogens is 360 g/mol. The molecular formula is C18H23ClN2O3S. The predicted octanol–water partition coefficient (Wildman–Crippen LogP) is 4.15. The van der Waals surface area contributed by atoms with Crippen LogP contribution in [0.1, 0.15) is 31.0 Å². The van der Waals surface area contributed by atoms with Gasteiger partial charge in [0.05, 0.1) is 12.2 Å². The van der Waals surface area contributed by atoms with Crippen LogP contribution < -0.4 is 4.74 Å². The predicted molar refractivity (Wildman–Crippen MR) is 100 cm³/mol. The molecule has 0 aliphatic carbocycles. The lowest BCUT2D eigenvalue weighted by atomic mass is 10.2. The van der Waals surface area contributed by atoms with Gasteiger partial charge in [0.25, 0.3) is 0 Å². The number of hydrogen-bond acceptors (Lipinski definition) is 5. The molecule has 0 N–H and O–H groups in total. The van der Waals surface area contributed by atoms with E-state index in [1.54, 1.807) is 12.1 Å². The first-order chi connectivity index (χ1) is 12.0. The van der Waals surface area contributed by atoms with E-state index < -0.39 is 0 Å². The molecule has 2 rings (SSSR count). The average molecular weight is 383 g/mol. The first-order valence-electron chi connectivity index (χ1n) is 8.13. The minimum absolute atomic E-state index is 0.0242. The van der Waals surface area contributed by atoms with Gasteiger partial charge < -0.3 is 14.4 Å². The van der Waals surface area contributed by atoms with Crippen LogP contribution in [0.3, 0.4) is 0 Å². The van der Waals surface area contributed by atoms with Crippen LogP contribution in [0.4, 0.5) is 0 Å². The summed E-state index contributed by atoms with van der Waals surface area (Å²) >= 11 is 7.39. The summed E-state index contributed by atoms with van der Waals surface area (Å²) in [5.41, 5.74) is 0.865. The van der Waals surface area contributed by atoms with Gasteiger partial charge >= 0.3 is 0 Å². The molecule has 0 saturated heterocycles. The Kier molecular flexibility index (Phi) is 7.68. The van der Waals surface area contributed by atoms with Gasteiger partial charge in [-0.05, 0) is 37.6 Å². The van der Waals surface area contributed by atoms with Crippen LogP contribution in [0.25, 0.3) is 0 Å². The molecule has 0 radical (unpaired) electrons. The largest absolute Gasteiger partial charge is 0.486 e. The third kappa shape index (κ3) is 5.99. The van der Waals surface area contributed by atoms with Crippen molar-refractivity contribution in [1.82, 2.24) is 9.88 Å². The van der Waals surface area contributed by atoms with Crippen LogP contribution >= 0.6 is 22.9 Å². The monoisotopic (exact) mass is 382 g/mol. The minimum Gasteiger partial charge on any atom is -0.486 e. The Labute approximate surface area is 157 Å². The fourth-order valence-electron chi connectivity index (χ4n) is 2.25. The smallest absolute Gasteiger partial charge is 0.249 e. The molecule has 0 spiro atoms. The Bertz CT molecular complexity index is 675. The topological polar surface area (TPSA) is 51.7 Å². The summed E-state index contributed by atoms with van der Waals surface area (Å²) in [7, 11) is 1.53. The second kappa shape index (κ2) is 9.75. The van der Waals surface area contributed by atoms with Crippen molar-refractivity contribution < 1.29 is 14.3 Å². The van der Waals surface area contributed by atoms with Crippen molar-refractivity contribution in [1.29, 1.82) is 0 Å². The lowest BCUT2D eigenvalue weighted by Crippen LogP contribution is -2.39. The van der Waals surface area contributed by atoms with E-state index in [1.165, 1.54) is 18.4 Å². The van der Waals surface area contributed by atoms with Gasteiger partial charge in [0, 0.05) is 23.6 Å². The second-order valence-electron chi connectivity index (χ2n) is 5.69. The number of carbonyl (C=O) groups is 1. The van der Waals surface area contributed by atoms with Crippen molar-refractivity contribution in [3.63, 3.8) is 0 Å². The van der Waals surface area contributed by atoms with E-state index in [2.05, 4.69) is 11.9 Å². The summed E-state index contributed by atoms with van der Waals surface area (Å²) in [5, 5.41) is 3.51. The number of hydrogen-bond donors (Lipinski definition) is 0. The fraction of sp³-hybridized carbons (Fsp3) is 0.444. The van der Waals surface area contributed by atoms with Crippen molar-refractivity contribution in [3.05, 3.63) is 45.4 Å². The van der Waals surface area contributed by atoms with Crippen LogP contribution in [0.15, 0.2) is 29.6 Å². The molecule has 0 aliphatic heterocycles. The zero-order valence-corrected chi connectivity index (χ0v) is 16.3. The molecule has 0 aliphatic rings. The molecule has 0 saturated carbocycles. The summed E-state index contributed by atoms with van der Waals surface area (Å²) in [6.07, 6.45) is 0.881. The number of carbonyl (C=O) groups excluding carboxylic acids is 1.